The largest absolute Gasteiger partial charge is 0.387 e. The minimum Gasteiger partial charge on any atom is -0.387 e. The van der Waals surface area contributed by atoms with Crippen LogP contribution in [0.3, 0.4) is 0 Å². The van der Waals surface area contributed by atoms with Gasteiger partial charge in [0.25, 0.3) is 0 Å². The molecule has 0 saturated heterocycles. The van der Waals surface area contributed by atoms with Gasteiger partial charge in [0.15, 0.2) is 0 Å². The maximum absolute atomic E-state index is 10.4. The van der Waals surface area contributed by atoms with E-state index in [1.54, 1.807) is 0 Å². The van der Waals surface area contributed by atoms with E-state index < -0.39 is 0 Å². The zero-order chi connectivity index (χ0) is 14.3. The summed E-state index contributed by atoms with van der Waals surface area (Å²) in [6.45, 7) is 8.04. The molecule has 0 saturated carbocycles. The fourth-order valence-corrected chi connectivity index (χ4v) is 2.29. The molecule has 0 fully saturated rings. The zero-order valence-corrected chi connectivity index (χ0v) is 12.8. The number of benzene rings is 1. The first-order chi connectivity index (χ1) is 9.04. The van der Waals surface area contributed by atoms with E-state index in [2.05, 4.69) is 43.8 Å². The van der Waals surface area contributed by atoms with Crippen molar-refractivity contribution in [1.29, 1.82) is 0 Å². The first kappa shape index (κ1) is 16.2. The highest BCUT2D eigenvalue weighted by molar-refractivity contribution is 5.27. The molecule has 1 unspecified atom stereocenters. The van der Waals surface area contributed by atoms with Crippen LogP contribution in [0.25, 0.3) is 0 Å². The van der Waals surface area contributed by atoms with Crippen molar-refractivity contribution in [2.45, 2.75) is 26.4 Å². The Morgan fingerprint density at radius 2 is 1.84 bits per heavy atom. The van der Waals surface area contributed by atoms with Crippen molar-refractivity contribution in [1.82, 2.24) is 9.80 Å². The van der Waals surface area contributed by atoms with Crippen LogP contribution in [0.15, 0.2) is 24.3 Å². The average molecular weight is 264 g/mol. The standard InChI is InChI=1S/C16H28N2O/c1-5-18(12-8-11-17(3)4)13-16(19)15-10-7-6-9-14(15)2/h6-7,9-10,16,19H,5,8,11-13H2,1-4H3. The molecule has 0 aromatic heterocycles. The molecule has 0 amide bonds. The van der Waals surface area contributed by atoms with Crippen LogP contribution >= 0.6 is 0 Å². The van der Waals surface area contributed by atoms with E-state index in [-0.39, 0.29) is 6.10 Å². The number of rotatable bonds is 8. The van der Waals surface area contributed by atoms with E-state index in [9.17, 15) is 5.11 Å². The van der Waals surface area contributed by atoms with Crippen LogP contribution in [-0.2, 0) is 0 Å². The van der Waals surface area contributed by atoms with Gasteiger partial charge in [-0.1, -0.05) is 31.2 Å². The Morgan fingerprint density at radius 3 is 2.42 bits per heavy atom. The van der Waals surface area contributed by atoms with Gasteiger partial charge in [-0.3, -0.25) is 0 Å². The summed E-state index contributed by atoms with van der Waals surface area (Å²) in [4.78, 5) is 4.52. The lowest BCUT2D eigenvalue weighted by atomic mass is 10.0. The molecule has 0 radical (unpaired) electrons. The fraction of sp³-hybridized carbons (Fsp3) is 0.625. The second-order valence-electron chi connectivity index (χ2n) is 5.42. The quantitative estimate of drug-likeness (QED) is 0.780. The van der Waals surface area contributed by atoms with E-state index in [1.165, 1.54) is 5.56 Å². The number of aliphatic hydroxyl groups is 1. The molecule has 108 valence electrons. The third-order valence-electron chi connectivity index (χ3n) is 3.51. The van der Waals surface area contributed by atoms with Gasteiger partial charge in [0.05, 0.1) is 6.10 Å². The van der Waals surface area contributed by atoms with Gasteiger partial charge in [0, 0.05) is 6.54 Å². The molecule has 0 heterocycles. The Hall–Kier alpha value is -0.900. The number of aliphatic hydroxyl groups excluding tert-OH is 1. The van der Waals surface area contributed by atoms with Crippen molar-refractivity contribution < 1.29 is 5.11 Å². The van der Waals surface area contributed by atoms with Crippen LogP contribution in [0.1, 0.15) is 30.6 Å². The van der Waals surface area contributed by atoms with Gasteiger partial charge < -0.3 is 14.9 Å². The Kier molecular flexibility index (Phi) is 7.06. The number of likely N-dealkylation sites (N-methyl/N-ethyl adjacent to an activating group) is 1. The van der Waals surface area contributed by atoms with Crippen molar-refractivity contribution in [2.75, 3.05) is 40.3 Å². The maximum Gasteiger partial charge on any atom is 0.0919 e. The molecule has 1 N–H and O–H groups in total. The Labute approximate surface area is 117 Å². The van der Waals surface area contributed by atoms with Crippen LogP contribution in [0, 0.1) is 6.92 Å². The fourth-order valence-electron chi connectivity index (χ4n) is 2.29. The number of aryl methyl sites for hydroxylation is 1. The summed E-state index contributed by atoms with van der Waals surface area (Å²) >= 11 is 0. The first-order valence-electron chi connectivity index (χ1n) is 7.15. The average Bonchev–Trinajstić information content (AvgIpc) is 2.37. The van der Waals surface area contributed by atoms with Crippen molar-refractivity contribution >= 4 is 0 Å². The molecule has 1 aromatic carbocycles. The highest BCUT2D eigenvalue weighted by Crippen LogP contribution is 2.18. The molecule has 0 bridgehead atoms. The molecule has 1 aromatic rings. The number of nitrogens with zero attached hydrogens (tertiary/aromatic N) is 2. The molecule has 3 heteroatoms. The van der Waals surface area contributed by atoms with E-state index in [0.29, 0.717) is 0 Å². The second-order valence-corrected chi connectivity index (χ2v) is 5.42. The lowest BCUT2D eigenvalue weighted by molar-refractivity contribution is 0.113. The SMILES string of the molecule is CCN(CCCN(C)C)CC(O)c1ccccc1C. The Bertz CT molecular complexity index is 366. The summed E-state index contributed by atoms with van der Waals surface area (Å²) in [7, 11) is 4.19. The summed E-state index contributed by atoms with van der Waals surface area (Å²) in [5.74, 6) is 0. The zero-order valence-electron chi connectivity index (χ0n) is 12.8. The predicted octanol–water partition coefficient (Wildman–Crippen LogP) is 2.30. The summed E-state index contributed by atoms with van der Waals surface area (Å²) in [6, 6.07) is 8.09. The molecule has 19 heavy (non-hydrogen) atoms. The molecule has 1 rings (SSSR count). The van der Waals surface area contributed by atoms with Crippen LogP contribution in [0.4, 0.5) is 0 Å². The van der Waals surface area contributed by atoms with Gasteiger partial charge in [-0.05, 0) is 58.2 Å². The smallest absolute Gasteiger partial charge is 0.0919 e. The highest BCUT2D eigenvalue weighted by Gasteiger charge is 2.13. The third kappa shape index (κ3) is 5.72. The Balaban J connectivity index is 2.49. The summed E-state index contributed by atoms with van der Waals surface area (Å²) in [5, 5.41) is 10.4. The van der Waals surface area contributed by atoms with Gasteiger partial charge in [0.2, 0.25) is 0 Å². The predicted molar refractivity (Wildman–Crippen MR) is 81.4 cm³/mol. The molecule has 0 aliphatic rings. The Morgan fingerprint density at radius 1 is 1.16 bits per heavy atom. The molecule has 0 spiro atoms. The van der Waals surface area contributed by atoms with E-state index >= 15 is 0 Å². The van der Waals surface area contributed by atoms with Crippen LogP contribution in [0.2, 0.25) is 0 Å². The monoisotopic (exact) mass is 264 g/mol. The minimum atomic E-state index is -0.388. The second kappa shape index (κ2) is 8.31. The van der Waals surface area contributed by atoms with Crippen molar-refractivity contribution in [3.05, 3.63) is 35.4 Å². The van der Waals surface area contributed by atoms with Gasteiger partial charge >= 0.3 is 0 Å². The van der Waals surface area contributed by atoms with Gasteiger partial charge in [0.1, 0.15) is 0 Å². The van der Waals surface area contributed by atoms with Crippen LogP contribution in [-0.4, -0.2) is 55.2 Å². The highest BCUT2D eigenvalue weighted by atomic mass is 16.3. The van der Waals surface area contributed by atoms with Crippen LogP contribution < -0.4 is 0 Å². The lowest BCUT2D eigenvalue weighted by Gasteiger charge is -2.25. The maximum atomic E-state index is 10.4. The minimum absolute atomic E-state index is 0.388. The van der Waals surface area contributed by atoms with Crippen LogP contribution in [0.5, 0.6) is 0 Å². The van der Waals surface area contributed by atoms with Gasteiger partial charge in [-0.15, -0.1) is 0 Å². The number of hydrogen-bond donors (Lipinski definition) is 1. The lowest BCUT2D eigenvalue weighted by Crippen LogP contribution is -2.31. The molecule has 0 aliphatic heterocycles. The topological polar surface area (TPSA) is 26.7 Å². The normalized spacial score (nSPS) is 13.2. The molecular weight excluding hydrogens is 236 g/mol. The summed E-state index contributed by atoms with van der Waals surface area (Å²) < 4.78 is 0. The molecule has 1 atom stereocenters. The summed E-state index contributed by atoms with van der Waals surface area (Å²) in [6.07, 6.45) is 0.752. The van der Waals surface area contributed by atoms with Gasteiger partial charge in [-0.25, -0.2) is 0 Å². The first-order valence-corrected chi connectivity index (χ1v) is 7.15. The van der Waals surface area contributed by atoms with Crippen molar-refractivity contribution in [3.8, 4) is 0 Å². The molecular formula is C16H28N2O. The number of hydrogen-bond acceptors (Lipinski definition) is 3. The third-order valence-corrected chi connectivity index (χ3v) is 3.51. The van der Waals surface area contributed by atoms with Gasteiger partial charge in [-0.2, -0.15) is 0 Å². The molecule has 3 nitrogen and oxygen atoms in total. The van der Waals surface area contributed by atoms with E-state index in [4.69, 9.17) is 0 Å². The van der Waals surface area contributed by atoms with Crippen molar-refractivity contribution in [3.63, 3.8) is 0 Å². The summed E-state index contributed by atoms with van der Waals surface area (Å²) in [5.41, 5.74) is 2.22. The van der Waals surface area contributed by atoms with E-state index in [1.807, 2.05) is 18.2 Å². The van der Waals surface area contributed by atoms with Crippen molar-refractivity contribution in [2.24, 2.45) is 0 Å². The molecule has 0 aliphatic carbocycles. The van der Waals surface area contributed by atoms with E-state index in [0.717, 1.165) is 38.2 Å².